The van der Waals surface area contributed by atoms with Crippen LogP contribution in [0.15, 0.2) is 66.7 Å². The van der Waals surface area contributed by atoms with Gasteiger partial charge in [0.2, 0.25) is 0 Å². The van der Waals surface area contributed by atoms with Crippen molar-refractivity contribution in [3.8, 4) is 11.5 Å². The number of carbonyl (C=O) groups is 3. The zero-order valence-corrected chi connectivity index (χ0v) is 19.0. The average molecular weight is 473 g/mol. The number of rotatable bonds is 5. The number of hydrogen-bond acceptors (Lipinski definition) is 7. The number of ether oxygens (including phenoxy) is 4. The molecule has 0 aliphatic carbocycles. The summed E-state index contributed by atoms with van der Waals surface area (Å²) in [5.74, 6) is -0.430. The predicted molar refractivity (Wildman–Crippen MR) is 126 cm³/mol. The lowest BCUT2D eigenvalue weighted by Gasteiger charge is -2.25. The molecule has 2 heterocycles. The van der Waals surface area contributed by atoms with Crippen molar-refractivity contribution in [1.82, 2.24) is 0 Å². The number of anilines is 1. The maximum Gasteiger partial charge on any atom is 0.339 e. The standard InChI is InChI=1S/C27H23NO7/c1-16(25(29)28-20-8-10-22-24(15-20)33-12-11-32-22)34-26(30)18-7-9-21-19(13-18)14-23(35-27(21)31)17-5-3-2-4-6-17/h2-10,13,15-16,23H,11-12,14H2,1H3,(H,28,29). The van der Waals surface area contributed by atoms with Gasteiger partial charge in [-0.25, -0.2) is 9.59 Å². The lowest BCUT2D eigenvalue weighted by molar-refractivity contribution is -0.123. The third-order valence-electron chi connectivity index (χ3n) is 5.85. The molecule has 2 atom stereocenters. The van der Waals surface area contributed by atoms with Crippen LogP contribution in [-0.2, 0) is 20.7 Å². The van der Waals surface area contributed by atoms with Crippen molar-refractivity contribution in [3.05, 3.63) is 89.0 Å². The molecule has 5 rings (SSSR count). The van der Waals surface area contributed by atoms with E-state index in [0.29, 0.717) is 47.9 Å². The van der Waals surface area contributed by atoms with Crippen LogP contribution in [0.2, 0.25) is 0 Å². The van der Waals surface area contributed by atoms with Gasteiger partial charge in [0.1, 0.15) is 19.3 Å². The Hall–Kier alpha value is -4.33. The molecule has 8 heteroatoms. The molecule has 0 aromatic heterocycles. The second-order valence-corrected chi connectivity index (χ2v) is 8.28. The van der Waals surface area contributed by atoms with Gasteiger partial charge in [-0.1, -0.05) is 30.3 Å². The number of cyclic esters (lactones) is 1. The molecule has 2 aliphatic rings. The van der Waals surface area contributed by atoms with Crippen LogP contribution >= 0.6 is 0 Å². The molecule has 1 amide bonds. The Morgan fingerprint density at radius 3 is 2.54 bits per heavy atom. The highest BCUT2D eigenvalue weighted by Crippen LogP contribution is 2.33. The van der Waals surface area contributed by atoms with Gasteiger partial charge in [-0.15, -0.1) is 0 Å². The van der Waals surface area contributed by atoms with Crippen LogP contribution in [0.3, 0.4) is 0 Å². The number of fused-ring (bicyclic) bond motifs is 2. The molecular formula is C27H23NO7. The molecule has 3 aromatic carbocycles. The maximum atomic E-state index is 12.8. The molecule has 0 fully saturated rings. The SMILES string of the molecule is CC(OC(=O)c1ccc2c(c1)CC(c1ccccc1)OC2=O)C(=O)Nc1ccc2c(c1)OCCO2. The van der Waals surface area contributed by atoms with Gasteiger partial charge in [-0.3, -0.25) is 4.79 Å². The number of carbonyl (C=O) groups excluding carboxylic acids is 3. The van der Waals surface area contributed by atoms with Crippen molar-refractivity contribution in [1.29, 1.82) is 0 Å². The summed E-state index contributed by atoms with van der Waals surface area (Å²) in [6.07, 6.45) is -1.04. The van der Waals surface area contributed by atoms with Crippen LogP contribution in [0, 0.1) is 0 Å². The molecule has 0 radical (unpaired) electrons. The number of nitrogens with one attached hydrogen (secondary N) is 1. The van der Waals surface area contributed by atoms with E-state index in [1.165, 1.54) is 13.0 Å². The zero-order chi connectivity index (χ0) is 24.4. The van der Waals surface area contributed by atoms with Gasteiger partial charge in [-0.05, 0) is 48.4 Å². The predicted octanol–water partition coefficient (Wildman–Crippen LogP) is 4.10. The Labute approximate surface area is 201 Å². The fourth-order valence-electron chi connectivity index (χ4n) is 4.02. The normalized spacial score (nSPS) is 16.9. The van der Waals surface area contributed by atoms with E-state index in [1.807, 2.05) is 30.3 Å². The van der Waals surface area contributed by atoms with E-state index in [-0.39, 0.29) is 5.56 Å². The van der Waals surface area contributed by atoms with Gasteiger partial charge in [-0.2, -0.15) is 0 Å². The molecule has 2 aliphatic heterocycles. The Bertz CT molecular complexity index is 1290. The van der Waals surface area contributed by atoms with E-state index in [2.05, 4.69) is 5.32 Å². The highest BCUT2D eigenvalue weighted by atomic mass is 16.6. The first-order chi connectivity index (χ1) is 17.0. The molecule has 0 saturated heterocycles. The number of hydrogen-bond donors (Lipinski definition) is 1. The Balaban J connectivity index is 1.25. The van der Waals surface area contributed by atoms with Gasteiger partial charge in [0.15, 0.2) is 17.6 Å². The van der Waals surface area contributed by atoms with Gasteiger partial charge in [0, 0.05) is 18.2 Å². The molecule has 0 bridgehead atoms. The first-order valence-corrected chi connectivity index (χ1v) is 11.3. The van der Waals surface area contributed by atoms with E-state index in [1.54, 1.807) is 30.3 Å². The number of amides is 1. The molecule has 35 heavy (non-hydrogen) atoms. The smallest absolute Gasteiger partial charge is 0.339 e. The third-order valence-corrected chi connectivity index (χ3v) is 5.85. The molecular weight excluding hydrogens is 450 g/mol. The molecule has 2 unspecified atom stereocenters. The molecule has 3 aromatic rings. The Kier molecular flexibility index (Phi) is 6.10. The van der Waals surface area contributed by atoms with Crippen LogP contribution in [0.4, 0.5) is 5.69 Å². The lowest BCUT2D eigenvalue weighted by Crippen LogP contribution is -2.30. The highest BCUT2D eigenvalue weighted by Gasteiger charge is 2.29. The molecule has 0 saturated carbocycles. The van der Waals surface area contributed by atoms with Crippen LogP contribution in [-0.4, -0.2) is 37.2 Å². The summed E-state index contributed by atoms with van der Waals surface area (Å²) in [4.78, 5) is 37.8. The van der Waals surface area contributed by atoms with Gasteiger partial charge >= 0.3 is 11.9 Å². The van der Waals surface area contributed by atoms with E-state index in [4.69, 9.17) is 18.9 Å². The topological polar surface area (TPSA) is 100 Å². The first-order valence-electron chi connectivity index (χ1n) is 11.3. The summed E-state index contributed by atoms with van der Waals surface area (Å²) in [5.41, 5.74) is 2.74. The van der Waals surface area contributed by atoms with Crippen molar-refractivity contribution in [2.24, 2.45) is 0 Å². The van der Waals surface area contributed by atoms with Crippen molar-refractivity contribution in [2.45, 2.75) is 25.6 Å². The maximum absolute atomic E-state index is 12.8. The van der Waals surface area contributed by atoms with Gasteiger partial charge in [0.05, 0.1) is 11.1 Å². The van der Waals surface area contributed by atoms with Gasteiger partial charge in [0.25, 0.3) is 5.91 Å². The second kappa shape index (κ2) is 9.50. The van der Waals surface area contributed by atoms with Crippen molar-refractivity contribution in [2.75, 3.05) is 18.5 Å². The minimum absolute atomic E-state index is 0.254. The summed E-state index contributed by atoms with van der Waals surface area (Å²) in [5, 5.41) is 2.72. The Morgan fingerprint density at radius 1 is 0.971 bits per heavy atom. The number of esters is 2. The largest absolute Gasteiger partial charge is 0.486 e. The minimum atomic E-state index is -1.05. The third kappa shape index (κ3) is 4.82. The quantitative estimate of drug-likeness (QED) is 0.557. The van der Waals surface area contributed by atoms with Crippen LogP contribution in [0.5, 0.6) is 11.5 Å². The zero-order valence-electron chi connectivity index (χ0n) is 19.0. The van der Waals surface area contributed by atoms with E-state index >= 15 is 0 Å². The summed E-state index contributed by atoms with van der Waals surface area (Å²) < 4.78 is 21.9. The molecule has 0 spiro atoms. The minimum Gasteiger partial charge on any atom is -0.486 e. The Morgan fingerprint density at radius 2 is 1.74 bits per heavy atom. The average Bonchev–Trinajstić information content (AvgIpc) is 2.88. The van der Waals surface area contributed by atoms with E-state index in [0.717, 1.165) is 5.56 Å². The molecule has 1 N–H and O–H groups in total. The highest BCUT2D eigenvalue weighted by molar-refractivity contribution is 5.99. The first kappa shape index (κ1) is 22.5. The van der Waals surface area contributed by atoms with E-state index < -0.39 is 30.1 Å². The second-order valence-electron chi connectivity index (χ2n) is 8.28. The van der Waals surface area contributed by atoms with Crippen molar-refractivity contribution in [3.63, 3.8) is 0 Å². The number of benzene rings is 3. The summed E-state index contributed by atoms with van der Waals surface area (Å²) in [7, 11) is 0. The van der Waals surface area contributed by atoms with Crippen molar-refractivity contribution < 1.29 is 33.3 Å². The summed E-state index contributed by atoms with van der Waals surface area (Å²) >= 11 is 0. The van der Waals surface area contributed by atoms with Crippen molar-refractivity contribution >= 4 is 23.5 Å². The van der Waals surface area contributed by atoms with Crippen LogP contribution in [0.25, 0.3) is 0 Å². The summed E-state index contributed by atoms with van der Waals surface area (Å²) in [6, 6.07) is 19.2. The lowest BCUT2D eigenvalue weighted by atomic mass is 9.93. The monoisotopic (exact) mass is 473 g/mol. The summed E-state index contributed by atoms with van der Waals surface area (Å²) in [6.45, 7) is 2.40. The molecule has 8 nitrogen and oxygen atoms in total. The van der Waals surface area contributed by atoms with Gasteiger partial charge < -0.3 is 24.3 Å². The van der Waals surface area contributed by atoms with E-state index in [9.17, 15) is 14.4 Å². The molecule has 178 valence electrons. The fourth-order valence-corrected chi connectivity index (χ4v) is 4.02. The van der Waals surface area contributed by atoms with Crippen LogP contribution < -0.4 is 14.8 Å². The van der Waals surface area contributed by atoms with Crippen LogP contribution in [0.1, 0.15) is 44.9 Å². The fraction of sp³-hybridized carbons (Fsp3) is 0.222.